The highest BCUT2D eigenvalue weighted by molar-refractivity contribution is 9.10. The lowest BCUT2D eigenvalue weighted by Gasteiger charge is -2.08. The van der Waals surface area contributed by atoms with Gasteiger partial charge in [-0.25, -0.2) is 0 Å². The van der Waals surface area contributed by atoms with Crippen molar-refractivity contribution >= 4 is 33.2 Å². The van der Waals surface area contributed by atoms with Gasteiger partial charge in [0.2, 0.25) is 5.75 Å². The van der Waals surface area contributed by atoms with E-state index in [2.05, 4.69) is 15.9 Å². The second kappa shape index (κ2) is 6.21. The van der Waals surface area contributed by atoms with Crippen LogP contribution in [0.3, 0.4) is 0 Å². The highest BCUT2D eigenvalue weighted by Crippen LogP contribution is 2.34. The number of rotatable bonds is 4. The fourth-order valence-electron chi connectivity index (χ4n) is 1.60. The van der Waals surface area contributed by atoms with Crippen molar-refractivity contribution in [2.45, 2.75) is 6.54 Å². The molecule has 0 saturated heterocycles. The summed E-state index contributed by atoms with van der Waals surface area (Å²) in [5, 5.41) is 11.5. The standard InChI is InChI=1S/C13H10BrClN2O3/c14-9-2-4-13(12(5-9)17(18)19)20-10-3-1-8(7-16)11(15)6-10/h1-6H,7,16H2. The molecule has 0 amide bonds. The Hall–Kier alpha value is -1.63. The van der Waals surface area contributed by atoms with E-state index >= 15 is 0 Å². The smallest absolute Gasteiger partial charge is 0.312 e. The van der Waals surface area contributed by atoms with E-state index in [1.165, 1.54) is 12.1 Å². The third-order valence-corrected chi connectivity index (χ3v) is 3.44. The van der Waals surface area contributed by atoms with E-state index in [-0.39, 0.29) is 11.4 Å². The molecule has 0 unspecified atom stereocenters. The lowest BCUT2D eigenvalue weighted by Crippen LogP contribution is -1.97. The average Bonchev–Trinajstić information content (AvgIpc) is 2.41. The molecular formula is C13H10BrClN2O3. The molecule has 2 N–H and O–H groups in total. The van der Waals surface area contributed by atoms with Gasteiger partial charge in [-0.15, -0.1) is 0 Å². The van der Waals surface area contributed by atoms with Crippen LogP contribution in [0.1, 0.15) is 5.56 Å². The summed E-state index contributed by atoms with van der Waals surface area (Å²) in [4.78, 5) is 10.5. The molecule has 0 bridgehead atoms. The Labute approximate surface area is 128 Å². The van der Waals surface area contributed by atoms with Gasteiger partial charge in [-0.2, -0.15) is 0 Å². The fourth-order valence-corrected chi connectivity index (χ4v) is 2.20. The van der Waals surface area contributed by atoms with Crippen LogP contribution in [0.25, 0.3) is 0 Å². The van der Waals surface area contributed by atoms with Crippen LogP contribution in [0.15, 0.2) is 40.9 Å². The van der Waals surface area contributed by atoms with Gasteiger partial charge in [-0.1, -0.05) is 33.6 Å². The van der Waals surface area contributed by atoms with Crippen molar-refractivity contribution in [1.29, 1.82) is 0 Å². The Bertz CT molecular complexity index is 664. The van der Waals surface area contributed by atoms with E-state index in [4.69, 9.17) is 22.1 Å². The van der Waals surface area contributed by atoms with Gasteiger partial charge in [0.15, 0.2) is 0 Å². The van der Waals surface area contributed by atoms with Gasteiger partial charge in [-0.05, 0) is 29.8 Å². The predicted octanol–water partition coefficient (Wildman–Crippen LogP) is 4.26. The van der Waals surface area contributed by atoms with Crippen molar-refractivity contribution in [3.05, 3.63) is 61.6 Å². The molecule has 104 valence electrons. The van der Waals surface area contributed by atoms with Crippen LogP contribution in [-0.2, 0) is 6.54 Å². The zero-order valence-corrected chi connectivity index (χ0v) is 12.5. The second-order valence-corrected chi connectivity index (χ2v) is 5.25. The first-order valence-electron chi connectivity index (χ1n) is 5.61. The third-order valence-electron chi connectivity index (χ3n) is 2.59. The first kappa shape index (κ1) is 14.8. The number of nitro benzene ring substituents is 1. The van der Waals surface area contributed by atoms with Gasteiger partial charge in [0.05, 0.1) is 4.92 Å². The predicted molar refractivity (Wildman–Crippen MR) is 80.2 cm³/mol. The highest BCUT2D eigenvalue weighted by Gasteiger charge is 2.16. The zero-order valence-electron chi connectivity index (χ0n) is 10.2. The molecule has 2 rings (SSSR count). The molecule has 0 spiro atoms. The summed E-state index contributed by atoms with van der Waals surface area (Å²) >= 11 is 9.21. The van der Waals surface area contributed by atoms with Crippen LogP contribution in [0, 0.1) is 10.1 Å². The third kappa shape index (κ3) is 3.27. The fraction of sp³-hybridized carbons (Fsp3) is 0.0769. The molecule has 0 heterocycles. The van der Waals surface area contributed by atoms with Crippen LogP contribution in [0.5, 0.6) is 11.5 Å². The van der Waals surface area contributed by atoms with Crippen LogP contribution in [0.2, 0.25) is 5.02 Å². The van der Waals surface area contributed by atoms with Crippen molar-refractivity contribution < 1.29 is 9.66 Å². The van der Waals surface area contributed by atoms with Gasteiger partial charge in [0.1, 0.15) is 5.75 Å². The molecule has 2 aromatic rings. The van der Waals surface area contributed by atoms with E-state index in [0.29, 0.717) is 21.8 Å². The van der Waals surface area contributed by atoms with Crippen molar-refractivity contribution in [3.8, 4) is 11.5 Å². The van der Waals surface area contributed by atoms with E-state index in [0.717, 1.165) is 5.56 Å². The van der Waals surface area contributed by atoms with Crippen molar-refractivity contribution in [3.63, 3.8) is 0 Å². The molecule has 0 aromatic heterocycles. The largest absolute Gasteiger partial charge is 0.450 e. The number of nitro groups is 1. The molecule has 2 aromatic carbocycles. The lowest BCUT2D eigenvalue weighted by atomic mass is 10.2. The maximum Gasteiger partial charge on any atom is 0.312 e. The number of nitrogens with two attached hydrogens (primary N) is 1. The molecule has 0 fully saturated rings. The molecule has 7 heteroatoms. The number of hydrogen-bond donors (Lipinski definition) is 1. The van der Waals surface area contributed by atoms with Crippen molar-refractivity contribution in [2.24, 2.45) is 5.73 Å². The molecule has 0 aliphatic carbocycles. The van der Waals surface area contributed by atoms with Gasteiger partial charge < -0.3 is 10.5 Å². The molecule has 20 heavy (non-hydrogen) atoms. The summed E-state index contributed by atoms with van der Waals surface area (Å²) in [6, 6.07) is 9.54. The van der Waals surface area contributed by atoms with Crippen LogP contribution in [-0.4, -0.2) is 4.92 Å². The summed E-state index contributed by atoms with van der Waals surface area (Å²) in [7, 11) is 0. The topological polar surface area (TPSA) is 78.4 Å². The van der Waals surface area contributed by atoms with E-state index in [9.17, 15) is 10.1 Å². The zero-order chi connectivity index (χ0) is 14.7. The van der Waals surface area contributed by atoms with Crippen LogP contribution in [0.4, 0.5) is 5.69 Å². The Morgan fingerprint density at radius 1 is 1.30 bits per heavy atom. The summed E-state index contributed by atoms with van der Waals surface area (Å²) in [5.41, 5.74) is 6.17. The van der Waals surface area contributed by atoms with E-state index < -0.39 is 4.92 Å². The quantitative estimate of drug-likeness (QED) is 0.655. The molecule has 0 atom stereocenters. The maximum absolute atomic E-state index is 11.0. The van der Waals surface area contributed by atoms with Gasteiger partial charge in [-0.3, -0.25) is 10.1 Å². The second-order valence-electron chi connectivity index (χ2n) is 3.93. The van der Waals surface area contributed by atoms with Crippen molar-refractivity contribution in [1.82, 2.24) is 0 Å². The Kier molecular flexibility index (Phi) is 4.59. The first-order valence-corrected chi connectivity index (χ1v) is 6.78. The maximum atomic E-state index is 11.0. The SMILES string of the molecule is NCc1ccc(Oc2ccc(Br)cc2[N+](=O)[O-])cc1Cl. The lowest BCUT2D eigenvalue weighted by molar-refractivity contribution is -0.385. The van der Waals surface area contributed by atoms with Gasteiger partial charge in [0.25, 0.3) is 0 Å². The highest BCUT2D eigenvalue weighted by atomic mass is 79.9. The summed E-state index contributed by atoms with van der Waals surface area (Å²) in [5.74, 6) is 0.562. The Balaban J connectivity index is 2.35. The van der Waals surface area contributed by atoms with E-state index in [1.54, 1.807) is 24.3 Å². The minimum absolute atomic E-state index is 0.126. The normalized spacial score (nSPS) is 10.3. The van der Waals surface area contributed by atoms with Gasteiger partial charge >= 0.3 is 5.69 Å². The molecule has 0 aliphatic rings. The number of halogens is 2. The first-order chi connectivity index (χ1) is 9.51. The summed E-state index contributed by atoms with van der Waals surface area (Å²) < 4.78 is 6.12. The molecule has 0 saturated carbocycles. The number of nitrogens with zero attached hydrogens (tertiary/aromatic N) is 1. The summed E-state index contributed by atoms with van der Waals surface area (Å²) in [6.45, 7) is 0.317. The molecule has 5 nitrogen and oxygen atoms in total. The minimum Gasteiger partial charge on any atom is -0.450 e. The number of ether oxygens (including phenoxy) is 1. The van der Waals surface area contributed by atoms with Crippen molar-refractivity contribution in [2.75, 3.05) is 0 Å². The number of benzene rings is 2. The average molecular weight is 358 g/mol. The van der Waals surface area contributed by atoms with Crippen LogP contribution >= 0.6 is 27.5 Å². The molecule has 0 aliphatic heterocycles. The Morgan fingerprint density at radius 2 is 2.05 bits per heavy atom. The summed E-state index contributed by atoms with van der Waals surface area (Å²) in [6.07, 6.45) is 0. The van der Waals surface area contributed by atoms with E-state index in [1.807, 2.05) is 0 Å². The number of hydrogen-bond acceptors (Lipinski definition) is 4. The Morgan fingerprint density at radius 3 is 2.65 bits per heavy atom. The minimum atomic E-state index is -0.504. The monoisotopic (exact) mass is 356 g/mol. The van der Waals surface area contributed by atoms with Gasteiger partial charge in [0, 0.05) is 22.1 Å². The molecule has 0 radical (unpaired) electrons. The van der Waals surface area contributed by atoms with Crippen LogP contribution < -0.4 is 10.5 Å². The molecular weight excluding hydrogens is 348 g/mol.